The second-order valence-corrected chi connectivity index (χ2v) is 5.43. The molecule has 1 aliphatic rings. The molecule has 112 valence electrons. The fourth-order valence-electron chi connectivity index (χ4n) is 2.54. The van der Waals surface area contributed by atoms with Crippen LogP contribution >= 0.6 is 0 Å². The first-order chi connectivity index (χ1) is 10.7. The standard InChI is InChI=1S/C21H23N/c1-5-7-11-16(3)21(19-12-9-8-10-13-19)22-17(4)20-15-14-18(20)6-2/h5-13,16H,1-2,4,14-15H2,3H3/b11-7-,22-21?. The van der Waals surface area contributed by atoms with E-state index in [1.165, 1.54) is 11.1 Å². The number of hydrogen-bond donors (Lipinski definition) is 0. The Morgan fingerprint density at radius 2 is 1.91 bits per heavy atom. The highest BCUT2D eigenvalue weighted by Crippen LogP contribution is 2.34. The van der Waals surface area contributed by atoms with E-state index in [4.69, 9.17) is 4.99 Å². The van der Waals surface area contributed by atoms with Gasteiger partial charge in [-0.15, -0.1) is 0 Å². The quantitative estimate of drug-likeness (QED) is 0.454. The topological polar surface area (TPSA) is 12.4 Å². The molecule has 1 atom stereocenters. The van der Waals surface area contributed by atoms with Gasteiger partial charge in [0.15, 0.2) is 0 Å². The Kier molecular flexibility index (Phi) is 5.48. The normalized spacial score (nSPS) is 16.3. The van der Waals surface area contributed by atoms with Crippen LogP contribution in [0.5, 0.6) is 0 Å². The van der Waals surface area contributed by atoms with Crippen molar-refractivity contribution in [1.29, 1.82) is 0 Å². The van der Waals surface area contributed by atoms with Crippen LogP contribution in [0.2, 0.25) is 0 Å². The van der Waals surface area contributed by atoms with Gasteiger partial charge in [-0.25, -0.2) is 0 Å². The van der Waals surface area contributed by atoms with Crippen LogP contribution in [-0.4, -0.2) is 5.71 Å². The summed E-state index contributed by atoms with van der Waals surface area (Å²) in [7, 11) is 0. The summed E-state index contributed by atoms with van der Waals surface area (Å²) in [5.74, 6) is 0.199. The molecule has 0 aromatic heterocycles. The Bertz CT molecular complexity index is 656. The maximum absolute atomic E-state index is 4.85. The van der Waals surface area contributed by atoms with Crippen LogP contribution in [0.1, 0.15) is 25.3 Å². The van der Waals surface area contributed by atoms with Gasteiger partial charge in [0.2, 0.25) is 0 Å². The van der Waals surface area contributed by atoms with Gasteiger partial charge in [-0.3, -0.25) is 4.99 Å². The lowest BCUT2D eigenvalue weighted by Gasteiger charge is -2.22. The molecule has 0 amide bonds. The number of benzene rings is 1. The minimum absolute atomic E-state index is 0.199. The summed E-state index contributed by atoms with van der Waals surface area (Å²) in [4.78, 5) is 4.85. The second kappa shape index (κ2) is 7.56. The number of aliphatic imine (C=N–C) groups is 1. The van der Waals surface area contributed by atoms with Gasteiger partial charge in [-0.2, -0.15) is 0 Å². The summed E-state index contributed by atoms with van der Waals surface area (Å²) in [6.45, 7) is 13.9. The molecule has 1 aliphatic carbocycles. The van der Waals surface area contributed by atoms with E-state index in [0.29, 0.717) is 0 Å². The van der Waals surface area contributed by atoms with Crippen molar-refractivity contribution in [3.8, 4) is 0 Å². The summed E-state index contributed by atoms with van der Waals surface area (Å²) in [6.07, 6.45) is 9.91. The molecular formula is C21H23N. The Morgan fingerprint density at radius 1 is 1.18 bits per heavy atom. The molecule has 0 heterocycles. The average Bonchev–Trinajstić information content (AvgIpc) is 2.50. The van der Waals surface area contributed by atoms with Crippen LogP contribution < -0.4 is 0 Å². The van der Waals surface area contributed by atoms with E-state index in [1.54, 1.807) is 6.08 Å². The maximum Gasteiger partial charge on any atom is 0.0596 e. The molecule has 1 aromatic rings. The summed E-state index contributed by atoms with van der Waals surface area (Å²) < 4.78 is 0. The summed E-state index contributed by atoms with van der Waals surface area (Å²) >= 11 is 0. The third kappa shape index (κ3) is 3.62. The minimum atomic E-state index is 0.199. The Balaban J connectivity index is 2.38. The molecule has 0 N–H and O–H groups in total. The Morgan fingerprint density at radius 3 is 2.45 bits per heavy atom. The van der Waals surface area contributed by atoms with E-state index in [0.717, 1.165) is 29.8 Å². The molecule has 0 aliphatic heterocycles. The molecule has 0 spiro atoms. The Hall–Kier alpha value is -2.41. The molecule has 0 fully saturated rings. The lowest BCUT2D eigenvalue weighted by Crippen LogP contribution is -2.12. The highest BCUT2D eigenvalue weighted by Gasteiger charge is 2.18. The highest BCUT2D eigenvalue weighted by atomic mass is 14.8. The fourth-order valence-corrected chi connectivity index (χ4v) is 2.54. The zero-order valence-corrected chi connectivity index (χ0v) is 13.3. The van der Waals surface area contributed by atoms with Gasteiger partial charge in [0.1, 0.15) is 0 Å². The molecule has 1 unspecified atom stereocenters. The molecule has 0 saturated heterocycles. The molecule has 0 radical (unpaired) electrons. The van der Waals surface area contributed by atoms with Gasteiger partial charge in [-0.05, 0) is 29.6 Å². The van der Waals surface area contributed by atoms with E-state index in [9.17, 15) is 0 Å². The summed E-state index contributed by atoms with van der Waals surface area (Å²) in [6, 6.07) is 10.3. The van der Waals surface area contributed by atoms with Crippen LogP contribution in [0.25, 0.3) is 0 Å². The van der Waals surface area contributed by atoms with E-state index < -0.39 is 0 Å². The van der Waals surface area contributed by atoms with E-state index in [1.807, 2.05) is 30.4 Å². The van der Waals surface area contributed by atoms with Gasteiger partial charge < -0.3 is 0 Å². The number of hydrogen-bond acceptors (Lipinski definition) is 1. The zero-order chi connectivity index (χ0) is 15.9. The molecule has 2 rings (SSSR count). The van der Waals surface area contributed by atoms with Gasteiger partial charge >= 0.3 is 0 Å². The van der Waals surface area contributed by atoms with Crippen molar-refractivity contribution in [3.05, 3.63) is 96.8 Å². The lowest BCUT2D eigenvalue weighted by atomic mass is 9.86. The summed E-state index contributed by atoms with van der Waals surface area (Å²) in [5.41, 5.74) is 5.54. The van der Waals surface area contributed by atoms with Crippen molar-refractivity contribution in [2.24, 2.45) is 10.9 Å². The van der Waals surface area contributed by atoms with Crippen LogP contribution in [-0.2, 0) is 0 Å². The number of nitrogens with zero attached hydrogens (tertiary/aromatic N) is 1. The van der Waals surface area contributed by atoms with Crippen molar-refractivity contribution in [2.75, 3.05) is 0 Å². The molecule has 0 saturated carbocycles. The second-order valence-electron chi connectivity index (χ2n) is 5.43. The molecule has 1 nitrogen and oxygen atoms in total. The van der Waals surface area contributed by atoms with Crippen molar-refractivity contribution < 1.29 is 0 Å². The predicted molar refractivity (Wildman–Crippen MR) is 97.1 cm³/mol. The van der Waals surface area contributed by atoms with Gasteiger partial charge in [0, 0.05) is 5.92 Å². The third-order valence-corrected chi connectivity index (χ3v) is 3.92. The van der Waals surface area contributed by atoms with Crippen molar-refractivity contribution in [2.45, 2.75) is 19.8 Å². The van der Waals surface area contributed by atoms with Crippen LogP contribution in [0.3, 0.4) is 0 Å². The highest BCUT2D eigenvalue weighted by molar-refractivity contribution is 6.03. The fraction of sp³-hybridized carbons (Fsp3) is 0.190. The van der Waals surface area contributed by atoms with Crippen LogP contribution in [0.4, 0.5) is 0 Å². The monoisotopic (exact) mass is 289 g/mol. The summed E-state index contributed by atoms with van der Waals surface area (Å²) in [5, 5.41) is 0. The first-order valence-electron chi connectivity index (χ1n) is 7.64. The van der Waals surface area contributed by atoms with Gasteiger partial charge in [0.25, 0.3) is 0 Å². The third-order valence-electron chi connectivity index (χ3n) is 3.92. The van der Waals surface area contributed by atoms with E-state index >= 15 is 0 Å². The molecular weight excluding hydrogens is 266 g/mol. The van der Waals surface area contributed by atoms with Crippen LogP contribution in [0, 0.1) is 5.92 Å². The smallest absolute Gasteiger partial charge is 0.0596 e. The lowest BCUT2D eigenvalue weighted by molar-refractivity contribution is 0.832. The van der Waals surface area contributed by atoms with E-state index in [-0.39, 0.29) is 5.92 Å². The number of allylic oxidation sites excluding steroid dienone is 6. The van der Waals surface area contributed by atoms with E-state index in [2.05, 4.69) is 44.9 Å². The van der Waals surface area contributed by atoms with Crippen molar-refractivity contribution in [3.63, 3.8) is 0 Å². The van der Waals surface area contributed by atoms with Crippen LogP contribution in [0.15, 0.2) is 96.2 Å². The van der Waals surface area contributed by atoms with Gasteiger partial charge in [0.05, 0.1) is 11.4 Å². The average molecular weight is 289 g/mol. The molecule has 22 heavy (non-hydrogen) atoms. The first kappa shape index (κ1) is 16.0. The molecule has 1 heteroatoms. The van der Waals surface area contributed by atoms with Gasteiger partial charge in [-0.1, -0.05) is 81.3 Å². The first-order valence-corrected chi connectivity index (χ1v) is 7.64. The maximum atomic E-state index is 4.85. The minimum Gasteiger partial charge on any atom is -0.253 e. The predicted octanol–water partition coefficient (Wildman–Crippen LogP) is 5.64. The SMILES string of the molecule is C=C/C=C\C(C)C(=NC(=C)C1=C(C=C)CC1)c1ccccc1. The van der Waals surface area contributed by atoms with Crippen molar-refractivity contribution in [1.82, 2.24) is 0 Å². The largest absolute Gasteiger partial charge is 0.253 e. The number of rotatable bonds is 7. The Labute approximate surface area is 133 Å². The molecule has 0 bridgehead atoms. The van der Waals surface area contributed by atoms with Crippen molar-refractivity contribution >= 4 is 5.71 Å². The molecule has 1 aromatic carbocycles. The zero-order valence-electron chi connectivity index (χ0n) is 13.3.